The molecule has 2 nitrogen and oxygen atoms in total. The summed E-state index contributed by atoms with van der Waals surface area (Å²) in [6.45, 7) is 1.97. The van der Waals surface area contributed by atoms with Gasteiger partial charge in [-0.05, 0) is 43.0 Å². The number of nitrogens with one attached hydrogen (secondary N) is 1. The van der Waals surface area contributed by atoms with E-state index in [2.05, 4.69) is 11.2 Å². The van der Waals surface area contributed by atoms with Crippen molar-refractivity contribution < 1.29 is 5.11 Å². The van der Waals surface area contributed by atoms with Crippen molar-refractivity contribution in [3.05, 3.63) is 29.3 Å². The highest BCUT2D eigenvalue weighted by molar-refractivity contribution is 5.40. The molecular formula is C13H15NO. The Hall–Kier alpha value is -1.46. The minimum atomic E-state index is 0.0725. The molecular weight excluding hydrogens is 186 g/mol. The first-order valence-corrected chi connectivity index (χ1v) is 5.24. The van der Waals surface area contributed by atoms with E-state index in [1.165, 1.54) is 11.1 Å². The van der Waals surface area contributed by atoms with Gasteiger partial charge in [-0.2, -0.15) is 0 Å². The molecule has 15 heavy (non-hydrogen) atoms. The smallest absolute Gasteiger partial charge is 0.115 e. The highest BCUT2D eigenvalue weighted by Gasteiger charge is 2.23. The summed E-state index contributed by atoms with van der Waals surface area (Å²) in [7, 11) is 0. The van der Waals surface area contributed by atoms with E-state index in [4.69, 9.17) is 6.42 Å². The van der Waals surface area contributed by atoms with Crippen molar-refractivity contribution in [1.29, 1.82) is 0 Å². The molecule has 0 spiro atoms. The summed E-state index contributed by atoms with van der Waals surface area (Å²) in [5.41, 5.74) is 2.51. The molecule has 0 amide bonds. The third kappa shape index (κ3) is 1.98. The molecule has 2 rings (SSSR count). The SMILES string of the molecule is C#CC(C)NC1CCc2ccc(O)cc21. The molecule has 0 bridgehead atoms. The highest BCUT2D eigenvalue weighted by Crippen LogP contribution is 2.33. The molecule has 0 radical (unpaired) electrons. The second kappa shape index (κ2) is 3.96. The summed E-state index contributed by atoms with van der Waals surface area (Å²) < 4.78 is 0. The van der Waals surface area contributed by atoms with E-state index in [0.29, 0.717) is 5.75 Å². The summed E-state index contributed by atoms with van der Waals surface area (Å²) in [4.78, 5) is 0. The van der Waals surface area contributed by atoms with Crippen LogP contribution in [-0.2, 0) is 6.42 Å². The van der Waals surface area contributed by atoms with E-state index >= 15 is 0 Å². The van der Waals surface area contributed by atoms with Gasteiger partial charge in [0.15, 0.2) is 0 Å². The van der Waals surface area contributed by atoms with Crippen molar-refractivity contribution in [2.24, 2.45) is 0 Å². The van der Waals surface area contributed by atoms with Crippen LogP contribution in [0.2, 0.25) is 0 Å². The first-order chi connectivity index (χ1) is 7.20. The summed E-state index contributed by atoms with van der Waals surface area (Å²) in [5.74, 6) is 2.99. The quantitative estimate of drug-likeness (QED) is 0.717. The van der Waals surface area contributed by atoms with Crippen LogP contribution in [0.1, 0.15) is 30.5 Å². The number of terminal acetylenes is 1. The second-order valence-electron chi connectivity index (χ2n) is 4.03. The molecule has 1 aliphatic rings. The molecule has 2 N–H and O–H groups in total. The predicted molar refractivity (Wildman–Crippen MR) is 60.6 cm³/mol. The molecule has 0 saturated heterocycles. The van der Waals surface area contributed by atoms with Crippen LogP contribution in [0, 0.1) is 12.3 Å². The average molecular weight is 201 g/mol. The molecule has 0 saturated carbocycles. The lowest BCUT2D eigenvalue weighted by Gasteiger charge is -2.16. The maximum absolute atomic E-state index is 9.44. The van der Waals surface area contributed by atoms with Crippen LogP contribution in [0.25, 0.3) is 0 Å². The number of hydrogen-bond acceptors (Lipinski definition) is 2. The zero-order chi connectivity index (χ0) is 10.8. The first-order valence-electron chi connectivity index (χ1n) is 5.24. The normalized spacial score (nSPS) is 20.7. The molecule has 0 aromatic heterocycles. The van der Waals surface area contributed by atoms with Crippen molar-refractivity contribution in [3.63, 3.8) is 0 Å². The molecule has 0 heterocycles. The number of fused-ring (bicyclic) bond motifs is 1. The molecule has 78 valence electrons. The maximum atomic E-state index is 9.44. The molecule has 2 heteroatoms. The van der Waals surface area contributed by atoms with E-state index < -0.39 is 0 Å². The molecule has 1 aromatic carbocycles. The van der Waals surface area contributed by atoms with Crippen molar-refractivity contribution in [1.82, 2.24) is 5.32 Å². The molecule has 0 fully saturated rings. The molecule has 1 aromatic rings. The lowest BCUT2D eigenvalue weighted by molar-refractivity contribution is 0.470. The van der Waals surface area contributed by atoms with Gasteiger partial charge in [-0.15, -0.1) is 6.42 Å². The van der Waals surface area contributed by atoms with Gasteiger partial charge < -0.3 is 5.11 Å². The third-order valence-electron chi connectivity index (χ3n) is 2.91. The highest BCUT2D eigenvalue weighted by atomic mass is 16.3. The van der Waals surface area contributed by atoms with E-state index in [1.54, 1.807) is 6.07 Å². The van der Waals surface area contributed by atoms with Gasteiger partial charge in [0.1, 0.15) is 5.75 Å². The van der Waals surface area contributed by atoms with Gasteiger partial charge in [0.05, 0.1) is 6.04 Å². The van der Waals surface area contributed by atoms with Gasteiger partial charge in [-0.3, -0.25) is 5.32 Å². The Balaban J connectivity index is 2.21. The van der Waals surface area contributed by atoms with Gasteiger partial charge in [0.2, 0.25) is 0 Å². The lowest BCUT2D eigenvalue weighted by atomic mass is 10.1. The second-order valence-corrected chi connectivity index (χ2v) is 4.03. The number of hydrogen-bond donors (Lipinski definition) is 2. The molecule has 2 atom stereocenters. The number of rotatable bonds is 2. The summed E-state index contributed by atoms with van der Waals surface area (Å²) in [5, 5.41) is 12.8. The molecule has 2 unspecified atom stereocenters. The maximum Gasteiger partial charge on any atom is 0.115 e. The van der Waals surface area contributed by atoms with Crippen molar-refractivity contribution in [2.45, 2.75) is 31.8 Å². The first kappa shape index (κ1) is 10.1. The topological polar surface area (TPSA) is 32.3 Å². The van der Waals surface area contributed by atoms with Crippen molar-refractivity contribution in [2.75, 3.05) is 0 Å². The van der Waals surface area contributed by atoms with Crippen molar-refractivity contribution >= 4 is 0 Å². The van der Waals surface area contributed by atoms with Gasteiger partial charge in [0.25, 0.3) is 0 Å². The van der Waals surface area contributed by atoms with Crippen LogP contribution in [0.4, 0.5) is 0 Å². The Morgan fingerprint density at radius 2 is 2.40 bits per heavy atom. The Bertz CT molecular complexity index is 405. The largest absolute Gasteiger partial charge is 0.508 e. The standard InChI is InChI=1S/C13H15NO/c1-3-9(2)14-13-7-5-10-4-6-11(15)8-12(10)13/h1,4,6,8-9,13-15H,5,7H2,2H3. The zero-order valence-electron chi connectivity index (χ0n) is 8.83. The van der Waals surface area contributed by atoms with E-state index in [9.17, 15) is 5.11 Å². The number of aryl methyl sites for hydroxylation is 1. The van der Waals surface area contributed by atoms with E-state index in [-0.39, 0.29) is 12.1 Å². The number of phenols is 1. The Morgan fingerprint density at radius 3 is 3.13 bits per heavy atom. The number of benzene rings is 1. The van der Waals surface area contributed by atoms with Gasteiger partial charge in [-0.25, -0.2) is 0 Å². The molecule has 0 aliphatic heterocycles. The monoisotopic (exact) mass is 201 g/mol. The number of aromatic hydroxyl groups is 1. The fraction of sp³-hybridized carbons (Fsp3) is 0.385. The lowest BCUT2D eigenvalue weighted by Crippen LogP contribution is -2.27. The number of phenolic OH excluding ortho intramolecular Hbond substituents is 1. The minimum Gasteiger partial charge on any atom is -0.508 e. The van der Waals surface area contributed by atoms with Crippen LogP contribution < -0.4 is 5.32 Å². The van der Waals surface area contributed by atoms with E-state index in [1.807, 2.05) is 19.1 Å². The van der Waals surface area contributed by atoms with Gasteiger partial charge >= 0.3 is 0 Å². The van der Waals surface area contributed by atoms with E-state index in [0.717, 1.165) is 12.8 Å². The Morgan fingerprint density at radius 1 is 1.60 bits per heavy atom. The zero-order valence-corrected chi connectivity index (χ0v) is 8.83. The molecule has 1 aliphatic carbocycles. The fourth-order valence-electron chi connectivity index (χ4n) is 2.11. The van der Waals surface area contributed by atoms with Gasteiger partial charge in [-0.1, -0.05) is 12.0 Å². The minimum absolute atomic E-state index is 0.0725. The predicted octanol–water partition coefficient (Wildman–Crippen LogP) is 1.99. The summed E-state index contributed by atoms with van der Waals surface area (Å²) in [6.07, 6.45) is 7.46. The average Bonchev–Trinajstić information content (AvgIpc) is 2.61. The third-order valence-corrected chi connectivity index (χ3v) is 2.91. The van der Waals surface area contributed by atoms with Crippen LogP contribution >= 0.6 is 0 Å². The van der Waals surface area contributed by atoms with Crippen LogP contribution in [0.15, 0.2) is 18.2 Å². The Labute approximate surface area is 90.3 Å². The Kier molecular flexibility index (Phi) is 2.66. The van der Waals surface area contributed by atoms with Crippen molar-refractivity contribution in [3.8, 4) is 18.1 Å². The summed E-state index contributed by atoms with van der Waals surface area (Å²) in [6, 6.07) is 5.93. The fourth-order valence-corrected chi connectivity index (χ4v) is 2.11. The van der Waals surface area contributed by atoms with Crippen LogP contribution in [0.3, 0.4) is 0 Å². The summed E-state index contributed by atoms with van der Waals surface area (Å²) >= 11 is 0. The van der Waals surface area contributed by atoms with Crippen LogP contribution in [-0.4, -0.2) is 11.1 Å². The van der Waals surface area contributed by atoms with Crippen LogP contribution in [0.5, 0.6) is 5.75 Å². The van der Waals surface area contributed by atoms with Gasteiger partial charge in [0, 0.05) is 6.04 Å².